The minimum atomic E-state index is -0.986. The van der Waals surface area contributed by atoms with Crippen LogP contribution < -0.4 is 10.1 Å². The van der Waals surface area contributed by atoms with Crippen LogP contribution in [0.25, 0.3) is 11.0 Å². The zero-order valence-corrected chi connectivity index (χ0v) is 19.1. The summed E-state index contributed by atoms with van der Waals surface area (Å²) in [4.78, 5) is 11.6. The first-order valence-electron chi connectivity index (χ1n) is 11.0. The normalized spacial score (nSPS) is 18.2. The number of H-pyrrole nitrogens is 1. The first-order valence-corrected chi connectivity index (χ1v) is 11.0. The SMILES string of the molecule is CC(C)(O)c1ccc(Nc2ncc3cc(C#N)[nH]c3n2)c(OC2COC2)c1.CC1CCOC1. The Hall–Kier alpha value is -3.19. The smallest absolute Gasteiger partial charge is 0.229 e. The summed E-state index contributed by atoms with van der Waals surface area (Å²) in [6, 6.07) is 9.21. The number of hydrogen-bond donors (Lipinski definition) is 3. The Bertz CT molecular complexity index is 1140. The van der Waals surface area contributed by atoms with Crippen LogP contribution in [0.1, 0.15) is 38.4 Å². The molecule has 9 heteroatoms. The highest BCUT2D eigenvalue weighted by Crippen LogP contribution is 2.33. The molecule has 0 bridgehead atoms. The van der Waals surface area contributed by atoms with Gasteiger partial charge in [0.25, 0.3) is 0 Å². The van der Waals surface area contributed by atoms with Gasteiger partial charge in [-0.15, -0.1) is 0 Å². The van der Waals surface area contributed by atoms with Crippen LogP contribution in [-0.2, 0) is 15.1 Å². The number of ether oxygens (including phenoxy) is 3. The topological polar surface area (TPSA) is 125 Å². The van der Waals surface area contributed by atoms with E-state index in [9.17, 15) is 5.11 Å². The minimum Gasteiger partial charge on any atom is -0.483 e. The third kappa shape index (κ3) is 5.79. The molecule has 1 aromatic carbocycles. The largest absolute Gasteiger partial charge is 0.483 e. The zero-order valence-electron chi connectivity index (χ0n) is 19.1. The number of aromatic amines is 1. The van der Waals surface area contributed by atoms with Crippen LogP contribution in [0.5, 0.6) is 5.75 Å². The highest BCUT2D eigenvalue weighted by atomic mass is 16.6. The third-order valence-electron chi connectivity index (χ3n) is 5.48. The summed E-state index contributed by atoms with van der Waals surface area (Å²) in [6.07, 6.45) is 2.89. The van der Waals surface area contributed by atoms with E-state index in [1.807, 2.05) is 18.2 Å². The number of nitriles is 1. The molecule has 0 aliphatic carbocycles. The Morgan fingerprint density at radius 3 is 2.64 bits per heavy atom. The molecule has 174 valence electrons. The van der Waals surface area contributed by atoms with Crippen LogP contribution in [0.3, 0.4) is 0 Å². The number of anilines is 2. The lowest BCUT2D eigenvalue weighted by atomic mass is 9.98. The van der Waals surface area contributed by atoms with Crippen LogP contribution >= 0.6 is 0 Å². The average molecular weight is 452 g/mol. The van der Waals surface area contributed by atoms with Gasteiger partial charge in [0.2, 0.25) is 5.95 Å². The van der Waals surface area contributed by atoms with Gasteiger partial charge in [-0.25, -0.2) is 4.98 Å². The Labute approximate surface area is 192 Å². The predicted octanol–water partition coefficient (Wildman–Crippen LogP) is 3.62. The van der Waals surface area contributed by atoms with Crippen molar-refractivity contribution in [1.29, 1.82) is 5.26 Å². The molecule has 1 unspecified atom stereocenters. The van der Waals surface area contributed by atoms with Crippen molar-refractivity contribution in [2.45, 2.75) is 38.9 Å². The highest BCUT2D eigenvalue weighted by molar-refractivity contribution is 5.78. The van der Waals surface area contributed by atoms with Gasteiger partial charge in [-0.2, -0.15) is 10.2 Å². The summed E-state index contributed by atoms with van der Waals surface area (Å²) in [5.41, 5.74) is 1.44. The number of rotatable bonds is 5. The van der Waals surface area contributed by atoms with E-state index in [1.54, 1.807) is 26.1 Å². The molecule has 2 fully saturated rings. The average Bonchev–Trinajstić information content (AvgIpc) is 3.39. The van der Waals surface area contributed by atoms with Crippen LogP contribution in [0.4, 0.5) is 11.6 Å². The Balaban J connectivity index is 0.000000376. The molecule has 0 radical (unpaired) electrons. The fourth-order valence-corrected chi connectivity index (χ4v) is 3.37. The van der Waals surface area contributed by atoms with E-state index in [0.29, 0.717) is 41.9 Å². The molecule has 2 aromatic heterocycles. The number of aromatic nitrogens is 3. The first kappa shape index (κ1) is 23.0. The molecule has 2 saturated heterocycles. The highest BCUT2D eigenvalue weighted by Gasteiger charge is 2.24. The lowest BCUT2D eigenvalue weighted by Crippen LogP contribution is -2.38. The maximum Gasteiger partial charge on any atom is 0.229 e. The van der Waals surface area contributed by atoms with E-state index in [4.69, 9.17) is 19.5 Å². The lowest BCUT2D eigenvalue weighted by Gasteiger charge is -2.29. The second-order valence-electron chi connectivity index (χ2n) is 8.93. The number of nitrogens with one attached hydrogen (secondary N) is 2. The lowest BCUT2D eigenvalue weighted by molar-refractivity contribution is -0.0795. The molecule has 0 amide bonds. The van der Waals surface area contributed by atoms with Gasteiger partial charge in [-0.05, 0) is 49.9 Å². The van der Waals surface area contributed by atoms with Gasteiger partial charge in [0.05, 0.1) is 24.5 Å². The molecular formula is C24H29N5O4. The monoisotopic (exact) mass is 451 g/mol. The summed E-state index contributed by atoms with van der Waals surface area (Å²) in [7, 11) is 0. The molecule has 2 aliphatic rings. The molecular weight excluding hydrogens is 422 g/mol. The number of benzene rings is 1. The van der Waals surface area contributed by atoms with Gasteiger partial charge in [-0.1, -0.05) is 13.0 Å². The van der Waals surface area contributed by atoms with E-state index in [2.05, 4.69) is 33.3 Å². The quantitative estimate of drug-likeness (QED) is 0.537. The van der Waals surface area contributed by atoms with Crippen molar-refractivity contribution >= 4 is 22.7 Å². The van der Waals surface area contributed by atoms with Crippen LogP contribution in [0, 0.1) is 17.2 Å². The molecule has 0 saturated carbocycles. The molecule has 9 nitrogen and oxygen atoms in total. The van der Waals surface area contributed by atoms with Gasteiger partial charge in [0.15, 0.2) is 0 Å². The molecule has 5 rings (SSSR count). The molecule has 33 heavy (non-hydrogen) atoms. The van der Waals surface area contributed by atoms with Crippen molar-refractivity contribution in [3.05, 3.63) is 41.7 Å². The van der Waals surface area contributed by atoms with E-state index in [0.717, 1.165) is 30.1 Å². The number of nitrogens with zero attached hydrogens (tertiary/aromatic N) is 3. The zero-order chi connectivity index (χ0) is 23.4. The number of fused-ring (bicyclic) bond motifs is 1. The Morgan fingerprint density at radius 1 is 1.24 bits per heavy atom. The molecule has 1 atom stereocenters. The summed E-state index contributed by atoms with van der Waals surface area (Å²) < 4.78 is 16.2. The van der Waals surface area contributed by atoms with Crippen molar-refractivity contribution in [2.24, 2.45) is 5.92 Å². The van der Waals surface area contributed by atoms with Gasteiger partial charge < -0.3 is 29.6 Å². The molecule has 4 heterocycles. The van der Waals surface area contributed by atoms with Gasteiger partial charge in [0, 0.05) is 24.8 Å². The van der Waals surface area contributed by atoms with Crippen molar-refractivity contribution in [3.63, 3.8) is 0 Å². The van der Waals surface area contributed by atoms with Crippen molar-refractivity contribution in [1.82, 2.24) is 15.0 Å². The molecule has 3 aromatic rings. The standard InChI is InChI=1S/C19H19N5O3.C5H10O/c1-19(2,25)12-3-4-15(16(6-12)27-14-9-26-10-14)23-18-21-8-11-5-13(7-20)22-17(11)24-18;1-5-2-3-6-4-5/h3-6,8,14,25H,9-10H2,1-2H3,(H2,21,22,23,24);5H,2-4H2,1H3. The predicted molar refractivity (Wildman–Crippen MR) is 123 cm³/mol. The fourth-order valence-electron chi connectivity index (χ4n) is 3.37. The van der Waals surface area contributed by atoms with Crippen molar-refractivity contribution in [3.8, 4) is 11.8 Å². The summed E-state index contributed by atoms with van der Waals surface area (Å²) in [5, 5.41) is 23.2. The summed E-state index contributed by atoms with van der Waals surface area (Å²) in [5.74, 6) is 1.79. The van der Waals surface area contributed by atoms with Gasteiger partial charge >= 0.3 is 0 Å². The van der Waals surface area contributed by atoms with E-state index in [-0.39, 0.29) is 6.10 Å². The summed E-state index contributed by atoms with van der Waals surface area (Å²) in [6.45, 7) is 8.71. The number of hydrogen-bond acceptors (Lipinski definition) is 8. The van der Waals surface area contributed by atoms with Crippen LogP contribution in [0.2, 0.25) is 0 Å². The molecule has 0 spiro atoms. The number of aliphatic hydroxyl groups is 1. The maximum atomic E-state index is 10.3. The van der Waals surface area contributed by atoms with E-state index in [1.165, 1.54) is 6.42 Å². The van der Waals surface area contributed by atoms with Crippen LogP contribution in [0.15, 0.2) is 30.5 Å². The first-order chi connectivity index (χ1) is 15.8. The van der Waals surface area contributed by atoms with E-state index < -0.39 is 5.60 Å². The minimum absolute atomic E-state index is 0.0207. The maximum absolute atomic E-state index is 10.3. The second-order valence-corrected chi connectivity index (χ2v) is 8.93. The Kier molecular flexibility index (Phi) is 6.79. The second kappa shape index (κ2) is 9.75. The van der Waals surface area contributed by atoms with Crippen molar-refractivity contribution < 1.29 is 19.3 Å². The van der Waals surface area contributed by atoms with Crippen LogP contribution in [-0.4, -0.2) is 52.6 Å². The van der Waals surface area contributed by atoms with Gasteiger partial charge in [0.1, 0.15) is 29.3 Å². The fraction of sp³-hybridized carbons (Fsp3) is 0.458. The van der Waals surface area contributed by atoms with E-state index >= 15 is 0 Å². The summed E-state index contributed by atoms with van der Waals surface area (Å²) >= 11 is 0. The van der Waals surface area contributed by atoms with Crippen molar-refractivity contribution in [2.75, 3.05) is 31.7 Å². The Morgan fingerprint density at radius 2 is 2.06 bits per heavy atom. The van der Waals surface area contributed by atoms with Gasteiger partial charge in [-0.3, -0.25) is 0 Å². The third-order valence-corrected chi connectivity index (χ3v) is 5.48. The molecule has 2 aliphatic heterocycles. The molecule has 3 N–H and O–H groups in total.